The highest BCUT2D eigenvalue weighted by molar-refractivity contribution is 9.10. The Kier molecular flexibility index (Phi) is 6.79. The number of carboxylic acid groups (broad SMARTS) is 1. The summed E-state index contributed by atoms with van der Waals surface area (Å²) in [7, 11) is 0. The summed E-state index contributed by atoms with van der Waals surface area (Å²) in [4.78, 5) is 11.6. The van der Waals surface area contributed by atoms with Gasteiger partial charge in [-0.2, -0.15) is 0 Å². The van der Waals surface area contributed by atoms with E-state index in [0.717, 1.165) is 11.4 Å². The van der Waals surface area contributed by atoms with Crippen LogP contribution in [0.2, 0.25) is 10.0 Å². The van der Waals surface area contributed by atoms with Crippen molar-refractivity contribution < 1.29 is 19.0 Å². The molecule has 1 aromatic heterocycles. The van der Waals surface area contributed by atoms with Gasteiger partial charge < -0.3 is 14.4 Å². The van der Waals surface area contributed by atoms with Gasteiger partial charge in [0.1, 0.15) is 18.2 Å². The Morgan fingerprint density at radius 1 is 1.06 bits per heavy atom. The van der Waals surface area contributed by atoms with Gasteiger partial charge in [0.15, 0.2) is 0 Å². The number of ether oxygens (including phenoxy) is 1. The molecule has 33 heavy (non-hydrogen) atoms. The zero-order valence-electron chi connectivity index (χ0n) is 17.3. The number of halogens is 4. The molecule has 3 aromatic carbocycles. The molecule has 0 saturated carbocycles. The van der Waals surface area contributed by atoms with E-state index in [1.54, 1.807) is 42.5 Å². The topological polar surface area (TPSA) is 51.5 Å². The third-order valence-electron chi connectivity index (χ3n) is 5.13. The summed E-state index contributed by atoms with van der Waals surface area (Å²) in [5.74, 6) is -0.980. The van der Waals surface area contributed by atoms with Crippen molar-refractivity contribution in [2.45, 2.75) is 13.5 Å². The van der Waals surface area contributed by atoms with Crippen LogP contribution in [0.1, 0.15) is 21.6 Å². The molecule has 1 heterocycles. The van der Waals surface area contributed by atoms with Crippen molar-refractivity contribution in [1.82, 2.24) is 4.57 Å². The number of aromatic nitrogens is 1. The Morgan fingerprint density at radius 3 is 2.58 bits per heavy atom. The van der Waals surface area contributed by atoms with Gasteiger partial charge in [-0.3, -0.25) is 0 Å². The molecule has 0 aliphatic rings. The van der Waals surface area contributed by atoms with Crippen molar-refractivity contribution in [3.05, 3.63) is 104 Å². The summed E-state index contributed by atoms with van der Waals surface area (Å²) in [6.07, 6.45) is 0. The molecule has 0 spiro atoms. The molecule has 4 rings (SSSR count). The van der Waals surface area contributed by atoms with E-state index in [9.17, 15) is 14.3 Å². The van der Waals surface area contributed by atoms with Crippen molar-refractivity contribution in [3.63, 3.8) is 0 Å². The van der Waals surface area contributed by atoms with Crippen LogP contribution in [0.4, 0.5) is 4.39 Å². The van der Waals surface area contributed by atoms with E-state index in [1.807, 2.05) is 23.6 Å². The van der Waals surface area contributed by atoms with Crippen LogP contribution in [0.25, 0.3) is 16.9 Å². The largest absolute Gasteiger partial charge is 0.488 e. The Hall–Kier alpha value is -2.80. The fourth-order valence-electron chi connectivity index (χ4n) is 3.53. The summed E-state index contributed by atoms with van der Waals surface area (Å²) in [6, 6.07) is 18.6. The lowest BCUT2D eigenvalue weighted by atomic mass is 10.1. The molecule has 168 valence electrons. The van der Waals surface area contributed by atoms with Crippen LogP contribution < -0.4 is 4.74 Å². The van der Waals surface area contributed by atoms with Crippen LogP contribution in [0, 0.1) is 12.7 Å². The lowest BCUT2D eigenvalue weighted by molar-refractivity contribution is 0.0697. The number of carboxylic acids is 1. The molecule has 0 atom stereocenters. The van der Waals surface area contributed by atoms with Gasteiger partial charge in [-0.05, 0) is 67.6 Å². The molecule has 4 aromatic rings. The Balaban J connectivity index is 1.77. The molecule has 0 aliphatic carbocycles. The molecule has 0 unspecified atom stereocenters. The highest BCUT2D eigenvalue weighted by Gasteiger charge is 2.18. The third-order valence-corrected chi connectivity index (χ3v) is 6.19. The minimum Gasteiger partial charge on any atom is -0.488 e. The van der Waals surface area contributed by atoms with E-state index in [0.29, 0.717) is 32.1 Å². The lowest BCUT2D eigenvalue weighted by Gasteiger charge is -2.17. The highest BCUT2D eigenvalue weighted by Crippen LogP contribution is 2.36. The van der Waals surface area contributed by atoms with Crippen molar-refractivity contribution in [3.8, 4) is 22.7 Å². The minimum absolute atomic E-state index is 0.00139. The minimum atomic E-state index is -1.11. The number of nitrogens with zero attached hydrogens (tertiary/aromatic N) is 1. The molecule has 0 fully saturated rings. The fourth-order valence-corrected chi connectivity index (χ4v) is 4.23. The zero-order valence-corrected chi connectivity index (χ0v) is 20.4. The maximum Gasteiger partial charge on any atom is 0.337 e. The second kappa shape index (κ2) is 9.59. The first-order valence-corrected chi connectivity index (χ1v) is 11.4. The quantitative estimate of drug-likeness (QED) is 0.266. The maximum absolute atomic E-state index is 14.3. The first kappa shape index (κ1) is 23.4. The van der Waals surface area contributed by atoms with E-state index in [4.69, 9.17) is 27.9 Å². The van der Waals surface area contributed by atoms with Crippen molar-refractivity contribution >= 4 is 45.1 Å². The molecule has 0 aliphatic heterocycles. The summed E-state index contributed by atoms with van der Waals surface area (Å²) >= 11 is 15.6. The maximum atomic E-state index is 14.3. The number of aryl methyl sites for hydroxylation is 1. The average molecular weight is 549 g/mol. The number of carbonyl (C=O) groups is 1. The van der Waals surface area contributed by atoms with Gasteiger partial charge >= 0.3 is 5.97 Å². The van der Waals surface area contributed by atoms with Crippen LogP contribution >= 0.6 is 39.1 Å². The molecule has 8 heteroatoms. The van der Waals surface area contributed by atoms with Gasteiger partial charge in [0.2, 0.25) is 0 Å². The second-order valence-electron chi connectivity index (χ2n) is 7.33. The lowest BCUT2D eigenvalue weighted by Crippen LogP contribution is -2.05. The molecule has 4 nitrogen and oxygen atoms in total. The first-order valence-electron chi connectivity index (χ1n) is 9.83. The van der Waals surface area contributed by atoms with Crippen molar-refractivity contribution in [2.24, 2.45) is 0 Å². The molecule has 0 amide bonds. The van der Waals surface area contributed by atoms with E-state index in [-0.39, 0.29) is 23.0 Å². The number of benzene rings is 3. The molecule has 0 saturated heterocycles. The molecular formula is C25H17BrCl2FNO3. The summed E-state index contributed by atoms with van der Waals surface area (Å²) in [5, 5.41) is 10.1. The molecule has 1 N–H and O–H groups in total. The SMILES string of the molecule is Cc1ccc(-c2cc(Cl)ccc2OCc2ccc(Br)cc2F)n1-c1ccc(Cl)c(C(=O)O)c1. The fraction of sp³-hybridized carbons (Fsp3) is 0.0800. The van der Waals surface area contributed by atoms with Crippen LogP contribution in [0.3, 0.4) is 0 Å². The summed E-state index contributed by atoms with van der Waals surface area (Å²) in [6.45, 7) is 1.93. The molecule has 0 bridgehead atoms. The first-order chi connectivity index (χ1) is 15.7. The summed E-state index contributed by atoms with van der Waals surface area (Å²) in [5.41, 5.74) is 3.32. The van der Waals surface area contributed by atoms with E-state index in [2.05, 4.69) is 15.9 Å². The van der Waals surface area contributed by atoms with Gasteiger partial charge in [0.05, 0.1) is 16.3 Å². The number of hydrogen-bond acceptors (Lipinski definition) is 2. The van der Waals surface area contributed by atoms with E-state index >= 15 is 0 Å². The van der Waals surface area contributed by atoms with Gasteiger partial charge in [-0.1, -0.05) is 45.2 Å². The van der Waals surface area contributed by atoms with Gasteiger partial charge in [-0.25, -0.2) is 9.18 Å². The Labute approximate surface area is 208 Å². The Morgan fingerprint density at radius 2 is 1.85 bits per heavy atom. The Bertz CT molecular complexity index is 1370. The predicted octanol–water partition coefficient (Wildman–Crippen LogP) is 7.94. The van der Waals surface area contributed by atoms with Crippen molar-refractivity contribution in [2.75, 3.05) is 0 Å². The van der Waals surface area contributed by atoms with Gasteiger partial charge in [-0.15, -0.1) is 0 Å². The summed E-state index contributed by atoms with van der Waals surface area (Å²) < 4.78 is 22.8. The monoisotopic (exact) mass is 547 g/mol. The number of aromatic carboxylic acids is 1. The van der Waals surface area contributed by atoms with E-state index in [1.165, 1.54) is 12.1 Å². The second-order valence-corrected chi connectivity index (χ2v) is 9.09. The van der Waals surface area contributed by atoms with Gasteiger partial charge in [0, 0.05) is 32.0 Å². The highest BCUT2D eigenvalue weighted by atomic mass is 79.9. The normalized spacial score (nSPS) is 10.9. The predicted molar refractivity (Wildman–Crippen MR) is 131 cm³/mol. The number of rotatable bonds is 6. The average Bonchev–Trinajstić information content (AvgIpc) is 3.15. The third kappa shape index (κ3) is 4.93. The van der Waals surface area contributed by atoms with Crippen LogP contribution in [-0.2, 0) is 6.61 Å². The van der Waals surface area contributed by atoms with E-state index < -0.39 is 5.97 Å². The molecular weight excluding hydrogens is 532 g/mol. The standard InChI is InChI=1S/C25H17BrCl2FNO3/c1-14-2-8-23(30(14)18-6-7-21(28)19(12-18)25(31)32)20-11-17(27)5-9-24(20)33-13-15-3-4-16(26)10-22(15)29/h2-12H,13H2,1H3,(H,31,32). The molecule has 0 radical (unpaired) electrons. The van der Waals surface area contributed by atoms with Gasteiger partial charge in [0.25, 0.3) is 0 Å². The van der Waals surface area contributed by atoms with Crippen LogP contribution in [-0.4, -0.2) is 15.6 Å². The number of hydrogen-bond donors (Lipinski definition) is 1. The zero-order chi connectivity index (χ0) is 23.7. The smallest absolute Gasteiger partial charge is 0.337 e. The van der Waals surface area contributed by atoms with Crippen molar-refractivity contribution in [1.29, 1.82) is 0 Å². The van der Waals surface area contributed by atoms with Crippen LogP contribution in [0.15, 0.2) is 71.2 Å². The van der Waals surface area contributed by atoms with Crippen LogP contribution in [0.5, 0.6) is 5.75 Å².